The van der Waals surface area contributed by atoms with Gasteiger partial charge in [0.05, 0.1) is 26.1 Å². The molecule has 0 aliphatic carbocycles. The van der Waals surface area contributed by atoms with Crippen molar-refractivity contribution < 1.29 is 19.1 Å². The Kier molecular flexibility index (Phi) is 4.74. The molecule has 6 heteroatoms. The lowest BCUT2D eigenvalue weighted by Gasteiger charge is -2.32. The highest BCUT2D eigenvalue weighted by Gasteiger charge is 2.64. The molecule has 3 fully saturated rings. The van der Waals surface area contributed by atoms with E-state index in [1.165, 1.54) is 0 Å². The summed E-state index contributed by atoms with van der Waals surface area (Å²) in [5.74, 6) is 0.989. The van der Waals surface area contributed by atoms with Gasteiger partial charge in [-0.3, -0.25) is 9.59 Å². The van der Waals surface area contributed by atoms with Gasteiger partial charge in [-0.25, -0.2) is 0 Å². The van der Waals surface area contributed by atoms with Crippen molar-refractivity contribution >= 4 is 11.8 Å². The van der Waals surface area contributed by atoms with Crippen LogP contribution >= 0.6 is 0 Å². The Balaban J connectivity index is 1.28. The summed E-state index contributed by atoms with van der Waals surface area (Å²) in [5, 5.41) is 0. The smallest absolute Gasteiger partial charge is 0.227 e. The van der Waals surface area contributed by atoms with Crippen molar-refractivity contribution in [1.82, 2.24) is 9.80 Å². The molecule has 0 aromatic heterocycles. The first-order chi connectivity index (χ1) is 14.6. The third-order valence-corrected chi connectivity index (χ3v) is 6.71. The lowest BCUT2D eigenvalue weighted by atomic mass is 10.1. The zero-order valence-corrected chi connectivity index (χ0v) is 17.1. The summed E-state index contributed by atoms with van der Waals surface area (Å²) in [4.78, 5) is 29.6. The van der Waals surface area contributed by atoms with E-state index < -0.39 is 5.72 Å². The summed E-state index contributed by atoms with van der Waals surface area (Å²) in [7, 11) is 1.64. The third-order valence-electron chi connectivity index (χ3n) is 6.71. The van der Waals surface area contributed by atoms with E-state index in [4.69, 9.17) is 9.47 Å². The van der Waals surface area contributed by atoms with Crippen molar-refractivity contribution in [2.24, 2.45) is 0 Å². The van der Waals surface area contributed by atoms with Crippen LogP contribution in [0.4, 0.5) is 0 Å². The summed E-state index contributed by atoms with van der Waals surface area (Å²) >= 11 is 0. The van der Waals surface area contributed by atoms with Gasteiger partial charge in [-0.15, -0.1) is 0 Å². The number of likely N-dealkylation sites (tertiary alicyclic amines) is 1. The first-order valence-electron chi connectivity index (χ1n) is 10.6. The van der Waals surface area contributed by atoms with Crippen molar-refractivity contribution in [1.29, 1.82) is 0 Å². The SMILES string of the molecule is COc1ccc(CCC(=O)N2CC[C@@]34O[C@H](c5ccccc5)CN3C(=O)C[C@@H]24)cc1. The molecule has 0 bridgehead atoms. The molecule has 3 aliphatic heterocycles. The number of rotatable bonds is 5. The van der Waals surface area contributed by atoms with Crippen molar-refractivity contribution in [3.05, 3.63) is 65.7 Å². The van der Waals surface area contributed by atoms with Crippen LogP contribution < -0.4 is 4.74 Å². The zero-order chi connectivity index (χ0) is 20.7. The second-order valence-corrected chi connectivity index (χ2v) is 8.27. The second kappa shape index (κ2) is 7.43. The van der Waals surface area contributed by atoms with E-state index in [1.807, 2.05) is 64.4 Å². The minimum atomic E-state index is -0.659. The summed E-state index contributed by atoms with van der Waals surface area (Å²) in [6, 6.07) is 17.6. The topological polar surface area (TPSA) is 59.1 Å². The Morgan fingerprint density at radius 2 is 1.93 bits per heavy atom. The number of ether oxygens (including phenoxy) is 2. The highest BCUT2D eigenvalue weighted by atomic mass is 16.5. The van der Waals surface area contributed by atoms with Crippen LogP contribution in [0.5, 0.6) is 5.75 Å². The molecule has 156 valence electrons. The van der Waals surface area contributed by atoms with E-state index in [1.54, 1.807) is 7.11 Å². The summed E-state index contributed by atoms with van der Waals surface area (Å²) in [6.45, 7) is 1.20. The van der Waals surface area contributed by atoms with E-state index in [0.29, 0.717) is 38.8 Å². The van der Waals surface area contributed by atoms with Crippen LogP contribution in [0.15, 0.2) is 54.6 Å². The number of nitrogens with zero attached hydrogens (tertiary/aromatic N) is 2. The number of methoxy groups -OCH3 is 1. The Labute approximate surface area is 176 Å². The highest BCUT2D eigenvalue weighted by molar-refractivity contribution is 5.85. The van der Waals surface area contributed by atoms with Crippen LogP contribution in [0.1, 0.15) is 36.5 Å². The molecule has 30 heavy (non-hydrogen) atoms. The average Bonchev–Trinajstić information content (AvgIpc) is 3.41. The maximum Gasteiger partial charge on any atom is 0.227 e. The zero-order valence-electron chi connectivity index (χ0n) is 17.1. The first kappa shape index (κ1) is 19.1. The van der Waals surface area contributed by atoms with E-state index in [2.05, 4.69) is 0 Å². The molecule has 5 rings (SSSR count). The van der Waals surface area contributed by atoms with Gasteiger partial charge in [0.2, 0.25) is 11.8 Å². The van der Waals surface area contributed by atoms with E-state index in [9.17, 15) is 9.59 Å². The predicted molar refractivity (Wildman–Crippen MR) is 111 cm³/mol. The van der Waals surface area contributed by atoms with Gasteiger partial charge < -0.3 is 19.3 Å². The number of hydrogen-bond donors (Lipinski definition) is 0. The van der Waals surface area contributed by atoms with E-state index in [-0.39, 0.29) is 24.0 Å². The second-order valence-electron chi connectivity index (χ2n) is 8.27. The van der Waals surface area contributed by atoms with Crippen LogP contribution in [0.2, 0.25) is 0 Å². The van der Waals surface area contributed by atoms with Crippen molar-refractivity contribution in [2.75, 3.05) is 20.2 Å². The number of amides is 2. The van der Waals surface area contributed by atoms with E-state index in [0.717, 1.165) is 16.9 Å². The molecule has 3 aliphatic rings. The Morgan fingerprint density at radius 1 is 1.17 bits per heavy atom. The van der Waals surface area contributed by atoms with Crippen LogP contribution in [-0.4, -0.2) is 53.6 Å². The lowest BCUT2D eigenvalue weighted by Crippen LogP contribution is -2.48. The standard InChI is InChI=1S/C24H26N2O4/c1-29-19-10-7-17(8-11-19)9-12-22(27)25-14-13-24-21(25)15-23(28)26(24)16-20(30-24)18-5-3-2-4-6-18/h2-8,10-11,20-21H,9,12-16H2,1H3/t20-,21+,24-/m0/s1. The molecule has 2 amide bonds. The molecule has 0 N–H and O–H groups in total. The molecule has 0 unspecified atom stereocenters. The fraction of sp³-hybridized carbons (Fsp3) is 0.417. The summed E-state index contributed by atoms with van der Waals surface area (Å²) in [5.41, 5.74) is 1.52. The first-order valence-corrected chi connectivity index (χ1v) is 10.6. The summed E-state index contributed by atoms with van der Waals surface area (Å²) in [6.07, 6.45) is 2.00. The molecule has 3 heterocycles. The molecule has 0 saturated carbocycles. The fourth-order valence-electron chi connectivity index (χ4n) is 5.15. The molecule has 3 atom stereocenters. The van der Waals surface area contributed by atoms with Gasteiger partial charge in [0.25, 0.3) is 0 Å². The van der Waals surface area contributed by atoms with Crippen LogP contribution in [0, 0.1) is 0 Å². The number of benzene rings is 2. The fourth-order valence-corrected chi connectivity index (χ4v) is 5.15. The number of carbonyl (C=O) groups is 2. The Morgan fingerprint density at radius 3 is 2.67 bits per heavy atom. The molecule has 2 aromatic carbocycles. The average molecular weight is 406 g/mol. The maximum atomic E-state index is 13.0. The Hall–Kier alpha value is -2.86. The van der Waals surface area contributed by atoms with Crippen molar-refractivity contribution in [3.63, 3.8) is 0 Å². The molecule has 1 spiro atoms. The maximum absolute atomic E-state index is 13.0. The molecule has 6 nitrogen and oxygen atoms in total. The van der Waals surface area contributed by atoms with Gasteiger partial charge in [0.1, 0.15) is 11.9 Å². The molecule has 0 radical (unpaired) electrons. The van der Waals surface area contributed by atoms with Crippen molar-refractivity contribution in [2.45, 2.75) is 43.6 Å². The Bertz CT molecular complexity index is 945. The van der Waals surface area contributed by atoms with Gasteiger partial charge in [0.15, 0.2) is 5.72 Å². The van der Waals surface area contributed by atoms with Gasteiger partial charge in [-0.1, -0.05) is 42.5 Å². The molecular weight excluding hydrogens is 380 g/mol. The number of aryl methyl sites for hydroxylation is 1. The third kappa shape index (κ3) is 3.06. The van der Waals surface area contributed by atoms with Crippen LogP contribution in [0.25, 0.3) is 0 Å². The highest BCUT2D eigenvalue weighted by Crippen LogP contribution is 2.50. The number of carbonyl (C=O) groups excluding carboxylic acids is 2. The minimum Gasteiger partial charge on any atom is -0.497 e. The quantitative estimate of drug-likeness (QED) is 0.766. The molecule has 3 saturated heterocycles. The van der Waals surface area contributed by atoms with E-state index >= 15 is 0 Å². The van der Waals surface area contributed by atoms with Crippen LogP contribution in [0.3, 0.4) is 0 Å². The largest absolute Gasteiger partial charge is 0.497 e. The van der Waals surface area contributed by atoms with Gasteiger partial charge in [-0.05, 0) is 29.7 Å². The van der Waals surface area contributed by atoms with Crippen LogP contribution in [-0.2, 0) is 20.7 Å². The molecular formula is C24H26N2O4. The van der Waals surface area contributed by atoms with Gasteiger partial charge in [0, 0.05) is 19.4 Å². The van der Waals surface area contributed by atoms with Crippen molar-refractivity contribution in [3.8, 4) is 5.75 Å². The minimum absolute atomic E-state index is 0.0890. The normalized spacial score (nSPS) is 27.3. The molecule has 2 aromatic rings. The lowest BCUT2D eigenvalue weighted by molar-refractivity contribution is -0.142. The monoisotopic (exact) mass is 406 g/mol. The number of hydrogen-bond acceptors (Lipinski definition) is 4. The van der Waals surface area contributed by atoms with Gasteiger partial charge >= 0.3 is 0 Å². The predicted octanol–water partition coefficient (Wildman–Crippen LogP) is 2.93. The van der Waals surface area contributed by atoms with Gasteiger partial charge in [-0.2, -0.15) is 0 Å². The summed E-state index contributed by atoms with van der Waals surface area (Å²) < 4.78 is 11.7.